The van der Waals surface area contributed by atoms with Gasteiger partial charge in [0.25, 0.3) is 0 Å². The van der Waals surface area contributed by atoms with Gasteiger partial charge in [0.1, 0.15) is 0 Å². The zero-order valence-electron chi connectivity index (χ0n) is 10.3. The van der Waals surface area contributed by atoms with E-state index in [9.17, 15) is 5.11 Å². The third-order valence-electron chi connectivity index (χ3n) is 2.69. The Morgan fingerprint density at radius 1 is 1.29 bits per heavy atom. The van der Waals surface area contributed by atoms with Gasteiger partial charge in [-0.15, -0.1) is 12.4 Å². The van der Waals surface area contributed by atoms with E-state index in [1.54, 1.807) is 0 Å². The molecule has 1 aromatic rings. The van der Waals surface area contributed by atoms with Crippen molar-refractivity contribution in [2.45, 2.75) is 38.8 Å². The van der Waals surface area contributed by atoms with Crippen LogP contribution in [-0.2, 0) is 0 Å². The van der Waals surface area contributed by atoms with E-state index in [0.29, 0.717) is 5.92 Å². The first-order valence-corrected chi connectivity index (χ1v) is 6.77. The summed E-state index contributed by atoms with van der Waals surface area (Å²) in [6, 6.07) is 7.74. The molecule has 0 fully saturated rings. The third kappa shape index (κ3) is 6.04. The second-order valence-electron chi connectivity index (χ2n) is 4.62. The van der Waals surface area contributed by atoms with Gasteiger partial charge in [-0.3, -0.25) is 0 Å². The van der Waals surface area contributed by atoms with Crippen LogP contribution in [0.2, 0.25) is 0 Å². The fourth-order valence-electron chi connectivity index (χ4n) is 1.62. The Labute approximate surface area is 124 Å². The van der Waals surface area contributed by atoms with Gasteiger partial charge in [-0.2, -0.15) is 0 Å². The minimum absolute atomic E-state index is 0. The van der Waals surface area contributed by atoms with Gasteiger partial charge in [0.05, 0.1) is 12.1 Å². The lowest BCUT2D eigenvalue weighted by atomic mass is 9.96. The van der Waals surface area contributed by atoms with Crippen LogP contribution in [0.5, 0.6) is 0 Å². The second kappa shape index (κ2) is 8.29. The van der Waals surface area contributed by atoms with E-state index < -0.39 is 6.10 Å². The van der Waals surface area contributed by atoms with Gasteiger partial charge in [0.2, 0.25) is 0 Å². The SMILES string of the molecule is CC(C)CC[C@H](O)[C@H](N)c1cccc(I)c1.Cl. The van der Waals surface area contributed by atoms with Crippen LogP contribution in [0.15, 0.2) is 24.3 Å². The van der Waals surface area contributed by atoms with Crippen molar-refractivity contribution >= 4 is 35.0 Å². The molecule has 98 valence electrons. The highest BCUT2D eigenvalue weighted by molar-refractivity contribution is 14.1. The van der Waals surface area contributed by atoms with Crippen LogP contribution in [0.1, 0.15) is 38.3 Å². The lowest BCUT2D eigenvalue weighted by Crippen LogP contribution is -2.26. The van der Waals surface area contributed by atoms with E-state index in [2.05, 4.69) is 36.4 Å². The quantitative estimate of drug-likeness (QED) is 0.780. The van der Waals surface area contributed by atoms with Crippen molar-refractivity contribution in [2.75, 3.05) is 0 Å². The molecule has 17 heavy (non-hydrogen) atoms. The molecule has 4 heteroatoms. The first-order chi connectivity index (χ1) is 7.50. The smallest absolute Gasteiger partial charge is 0.0732 e. The van der Waals surface area contributed by atoms with Crippen molar-refractivity contribution in [3.8, 4) is 0 Å². The first-order valence-electron chi connectivity index (χ1n) is 5.70. The van der Waals surface area contributed by atoms with Crippen LogP contribution < -0.4 is 5.73 Å². The van der Waals surface area contributed by atoms with Crippen molar-refractivity contribution in [1.82, 2.24) is 0 Å². The number of hydrogen-bond acceptors (Lipinski definition) is 2. The Morgan fingerprint density at radius 2 is 1.94 bits per heavy atom. The molecule has 0 aliphatic carbocycles. The fourth-order valence-corrected chi connectivity index (χ4v) is 2.19. The van der Waals surface area contributed by atoms with Gasteiger partial charge in [-0.25, -0.2) is 0 Å². The summed E-state index contributed by atoms with van der Waals surface area (Å²) in [5.74, 6) is 0.609. The highest BCUT2D eigenvalue weighted by atomic mass is 127. The van der Waals surface area contributed by atoms with Crippen molar-refractivity contribution in [1.29, 1.82) is 0 Å². The highest BCUT2D eigenvalue weighted by Crippen LogP contribution is 2.20. The number of benzene rings is 1. The van der Waals surface area contributed by atoms with Crippen LogP contribution in [0, 0.1) is 9.49 Å². The molecule has 2 atom stereocenters. The van der Waals surface area contributed by atoms with Gasteiger partial charge < -0.3 is 10.8 Å². The summed E-state index contributed by atoms with van der Waals surface area (Å²) >= 11 is 2.26. The molecule has 1 aromatic carbocycles. The Kier molecular flexibility index (Phi) is 8.37. The van der Waals surface area contributed by atoms with Crippen molar-refractivity contribution in [2.24, 2.45) is 11.7 Å². The summed E-state index contributed by atoms with van der Waals surface area (Å²) in [7, 11) is 0. The Bertz CT molecular complexity index is 333. The summed E-state index contributed by atoms with van der Waals surface area (Å²) < 4.78 is 1.15. The van der Waals surface area contributed by atoms with Crippen molar-refractivity contribution < 1.29 is 5.11 Å². The van der Waals surface area contributed by atoms with E-state index in [-0.39, 0.29) is 18.4 Å². The number of halogens is 2. The summed E-state index contributed by atoms with van der Waals surface area (Å²) in [5.41, 5.74) is 7.06. The molecule has 0 saturated carbocycles. The lowest BCUT2D eigenvalue weighted by molar-refractivity contribution is 0.128. The molecule has 0 spiro atoms. The molecule has 1 rings (SSSR count). The molecule has 0 heterocycles. The molecule has 0 unspecified atom stereocenters. The average Bonchev–Trinajstić information content (AvgIpc) is 2.24. The van der Waals surface area contributed by atoms with E-state index in [1.165, 1.54) is 0 Å². The van der Waals surface area contributed by atoms with Crippen LogP contribution in [-0.4, -0.2) is 11.2 Å². The number of rotatable bonds is 5. The maximum absolute atomic E-state index is 9.98. The Balaban J connectivity index is 0.00000256. The summed E-state index contributed by atoms with van der Waals surface area (Å²) in [6.45, 7) is 4.31. The van der Waals surface area contributed by atoms with E-state index >= 15 is 0 Å². The van der Waals surface area contributed by atoms with E-state index in [0.717, 1.165) is 22.0 Å². The van der Waals surface area contributed by atoms with Gasteiger partial charge in [-0.05, 0) is 59.0 Å². The standard InChI is InChI=1S/C13H20INO.ClH/c1-9(2)6-7-12(16)13(15)10-4-3-5-11(14)8-10;/h3-5,8-9,12-13,16H,6-7,15H2,1-2H3;1H/t12-,13+;/m0./s1. The minimum Gasteiger partial charge on any atom is -0.391 e. The monoisotopic (exact) mass is 369 g/mol. The largest absolute Gasteiger partial charge is 0.391 e. The van der Waals surface area contributed by atoms with E-state index in [1.807, 2.05) is 24.3 Å². The Hall–Kier alpha value is 0.160. The molecule has 2 nitrogen and oxygen atoms in total. The van der Waals surface area contributed by atoms with Crippen LogP contribution in [0.4, 0.5) is 0 Å². The topological polar surface area (TPSA) is 46.2 Å². The molecule has 0 bridgehead atoms. The van der Waals surface area contributed by atoms with Gasteiger partial charge in [0, 0.05) is 3.57 Å². The van der Waals surface area contributed by atoms with Gasteiger partial charge in [-0.1, -0.05) is 26.0 Å². The van der Waals surface area contributed by atoms with Crippen molar-refractivity contribution in [3.63, 3.8) is 0 Å². The Morgan fingerprint density at radius 3 is 2.47 bits per heavy atom. The zero-order valence-corrected chi connectivity index (χ0v) is 13.2. The second-order valence-corrected chi connectivity index (χ2v) is 5.86. The maximum atomic E-state index is 9.98. The van der Waals surface area contributed by atoms with Gasteiger partial charge >= 0.3 is 0 Å². The zero-order chi connectivity index (χ0) is 12.1. The molecule has 0 aliphatic rings. The predicted molar refractivity (Wildman–Crippen MR) is 83.4 cm³/mol. The van der Waals surface area contributed by atoms with Gasteiger partial charge in [0.15, 0.2) is 0 Å². The van der Waals surface area contributed by atoms with Crippen LogP contribution >= 0.6 is 35.0 Å². The normalized spacial score (nSPS) is 14.2. The molecule has 3 N–H and O–H groups in total. The number of aliphatic hydroxyl groups excluding tert-OH is 1. The lowest BCUT2D eigenvalue weighted by Gasteiger charge is -2.20. The van der Waals surface area contributed by atoms with Crippen LogP contribution in [0.25, 0.3) is 0 Å². The first kappa shape index (κ1) is 17.2. The molecule has 0 amide bonds. The number of aliphatic hydroxyl groups is 1. The summed E-state index contributed by atoms with van der Waals surface area (Å²) in [5, 5.41) is 9.98. The predicted octanol–water partition coefficient (Wildman–Crippen LogP) is 3.51. The molecule has 0 saturated heterocycles. The molecular weight excluding hydrogens is 349 g/mol. The minimum atomic E-state index is -0.444. The maximum Gasteiger partial charge on any atom is 0.0732 e. The summed E-state index contributed by atoms with van der Waals surface area (Å²) in [4.78, 5) is 0. The number of nitrogens with two attached hydrogens (primary N) is 1. The van der Waals surface area contributed by atoms with E-state index in [4.69, 9.17) is 5.73 Å². The van der Waals surface area contributed by atoms with Crippen molar-refractivity contribution in [3.05, 3.63) is 33.4 Å². The third-order valence-corrected chi connectivity index (χ3v) is 3.36. The fraction of sp³-hybridized carbons (Fsp3) is 0.538. The molecule has 0 aliphatic heterocycles. The number of hydrogen-bond donors (Lipinski definition) is 2. The molecule has 0 radical (unpaired) electrons. The van der Waals surface area contributed by atoms with Crippen LogP contribution in [0.3, 0.4) is 0 Å². The molecule has 0 aromatic heterocycles. The molecular formula is C13H21ClINO. The average molecular weight is 370 g/mol. The summed E-state index contributed by atoms with van der Waals surface area (Å²) in [6.07, 6.45) is 1.34. The highest BCUT2D eigenvalue weighted by Gasteiger charge is 2.16.